The summed E-state index contributed by atoms with van der Waals surface area (Å²) in [5.74, 6) is 0. The first kappa shape index (κ1) is 13.0. The van der Waals surface area contributed by atoms with Crippen molar-refractivity contribution in [1.82, 2.24) is 0 Å². The van der Waals surface area contributed by atoms with Crippen LogP contribution in [0.15, 0.2) is 36.5 Å². The summed E-state index contributed by atoms with van der Waals surface area (Å²) >= 11 is 0. The quantitative estimate of drug-likeness (QED) is 0.575. The number of pyridine rings is 1. The number of aryl methyl sites for hydroxylation is 2. The molecule has 0 fully saturated rings. The van der Waals surface area contributed by atoms with Gasteiger partial charge in [0.25, 0.3) is 0 Å². The first-order chi connectivity index (χ1) is 8.46. The highest BCUT2D eigenvalue weighted by molar-refractivity contribution is 5.80. The van der Waals surface area contributed by atoms with Gasteiger partial charge in [0.15, 0.2) is 18.4 Å². The molecule has 2 nitrogen and oxygen atoms in total. The van der Waals surface area contributed by atoms with Crippen molar-refractivity contribution < 1.29 is 9.05 Å². The largest absolute Gasteiger partial charge is 0.331 e. The minimum atomic E-state index is 1.03. The SMILES string of the molecule is Cc1cc2ccccc2c[n+]1CCC[N+](C)(C)C. The maximum Gasteiger partial charge on any atom is 0.178 e. The minimum Gasteiger partial charge on any atom is -0.331 e. The van der Waals surface area contributed by atoms with Crippen LogP contribution in [0, 0.1) is 6.92 Å². The van der Waals surface area contributed by atoms with Gasteiger partial charge in [-0.05, 0) is 11.5 Å². The van der Waals surface area contributed by atoms with Crippen LogP contribution in [0.2, 0.25) is 0 Å². The van der Waals surface area contributed by atoms with E-state index in [2.05, 4.69) is 69.2 Å². The van der Waals surface area contributed by atoms with E-state index < -0.39 is 0 Å². The zero-order chi connectivity index (χ0) is 13.2. The summed E-state index contributed by atoms with van der Waals surface area (Å²) < 4.78 is 3.41. The highest BCUT2D eigenvalue weighted by atomic mass is 15.3. The van der Waals surface area contributed by atoms with Crippen LogP contribution in [-0.4, -0.2) is 32.2 Å². The van der Waals surface area contributed by atoms with Crippen molar-refractivity contribution in [2.75, 3.05) is 27.7 Å². The molecule has 0 atom stereocenters. The fourth-order valence-corrected chi connectivity index (χ4v) is 2.29. The second-order valence-corrected chi connectivity index (χ2v) is 6.10. The summed E-state index contributed by atoms with van der Waals surface area (Å²) in [6.45, 7) is 4.50. The van der Waals surface area contributed by atoms with Crippen molar-refractivity contribution >= 4 is 10.8 Å². The number of benzene rings is 1. The number of hydrogen-bond donors (Lipinski definition) is 0. The van der Waals surface area contributed by atoms with Crippen LogP contribution < -0.4 is 4.57 Å². The number of hydrogen-bond acceptors (Lipinski definition) is 0. The van der Waals surface area contributed by atoms with Crippen LogP contribution in [0.5, 0.6) is 0 Å². The van der Waals surface area contributed by atoms with Crippen LogP contribution in [-0.2, 0) is 6.54 Å². The monoisotopic (exact) mass is 244 g/mol. The van der Waals surface area contributed by atoms with Crippen LogP contribution >= 0.6 is 0 Å². The average Bonchev–Trinajstić information content (AvgIpc) is 2.28. The molecule has 0 saturated heterocycles. The molecular formula is C16H24N2+2. The molecule has 2 aromatic rings. The number of aromatic nitrogens is 1. The lowest BCUT2D eigenvalue weighted by Crippen LogP contribution is -2.41. The number of quaternary nitrogens is 1. The summed E-state index contributed by atoms with van der Waals surface area (Å²) in [4.78, 5) is 0. The molecule has 0 N–H and O–H groups in total. The molecule has 0 radical (unpaired) electrons. The van der Waals surface area contributed by atoms with Gasteiger partial charge in [-0.15, -0.1) is 0 Å². The molecule has 0 unspecified atom stereocenters. The van der Waals surface area contributed by atoms with Crippen molar-refractivity contribution in [3.8, 4) is 0 Å². The highest BCUT2D eigenvalue weighted by Gasteiger charge is 2.12. The Kier molecular flexibility index (Phi) is 3.67. The molecule has 0 aliphatic carbocycles. The third-order valence-electron chi connectivity index (χ3n) is 3.34. The van der Waals surface area contributed by atoms with Gasteiger partial charge in [-0.3, -0.25) is 0 Å². The standard InChI is InChI=1S/C16H24N2/c1-14-12-15-8-5-6-9-16(15)13-17(14)10-7-11-18(2,3)4/h5-6,8-9,12-13H,7,10-11H2,1-4H3/q+2. The molecule has 0 aliphatic heterocycles. The summed E-state index contributed by atoms with van der Waals surface area (Å²) in [5.41, 5.74) is 1.34. The maximum absolute atomic E-state index is 2.37. The summed E-state index contributed by atoms with van der Waals surface area (Å²) in [5, 5.41) is 2.66. The number of fused-ring (bicyclic) bond motifs is 1. The molecule has 1 aromatic carbocycles. The van der Waals surface area contributed by atoms with Crippen molar-refractivity contribution in [3.05, 3.63) is 42.2 Å². The van der Waals surface area contributed by atoms with E-state index in [1.807, 2.05) is 0 Å². The lowest BCUT2D eigenvalue weighted by molar-refractivity contribution is -0.873. The predicted octanol–water partition coefficient (Wildman–Crippen LogP) is 2.53. The van der Waals surface area contributed by atoms with Crippen LogP contribution in [0.3, 0.4) is 0 Å². The lowest BCUT2D eigenvalue weighted by atomic mass is 10.1. The molecule has 0 spiro atoms. The molecule has 0 aliphatic rings. The van der Waals surface area contributed by atoms with Gasteiger partial charge in [0.2, 0.25) is 0 Å². The Morgan fingerprint density at radius 3 is 2.39 bits per heavy atom. The topological polar surface area (TPSA) is 3.88 Å². The van der Waals surface area contributed by atoms with E-state index in [1.54, 1.807) is 0 Å². The third kappa shape index (κ3) is 3.30. The first-order valence-corrected chi connectivity index (χ1v) is 6.65. The second-order valence-electron chi connectivity index (χ2n) is 6.10. The lowest BCUT2D eigenvalue weighted by Gasteiger charge is -2.23. The average molecular weight is 244 g/mol. The number of rotatable bonds is 4. The van der Waals surface area contributed by atoms with E-state index in [0.29, 0.717) is 0 Å². The van der Waals surface area contributed by atoms with Gasteiger partial charge in [0, 0.05) is 18.4 Å². The Bertz CT molecular complexity index is 538. The fraction of sp³-hybridized carbons (Fsp3) is 0.438. The van der Waals surface area contributed by atoms with Crippen molar-refractivity contribution in [1.29, 1.82) is 0 Å². The molecule has 0 amide bonds. The Morgan fingerprint density at radius 1 is 1.06 bits per heavy atom. The number of nitrogens with zero attached hydrogens (tertiary/aromatic N) is 2. The van der Waals surface area contributed by atoms with E-state index in [0.717, 1.165) is 11.0 Å². The molecule has 18 heavy (non-hydrogen) atoms. The minimum absolute atomic E-state index is 1.03. The molecule has 96 valence electrons. The zero-order valence-corrected chi connectivity index (χ0v) is 12.0. The van der Waals surface area contributed by atoms with Gasteiger partial charge in [-0.1, -0.05) is 18.2 Å². The predicted molar refractivity (Wildman–Crippen MR) is 76.4 cm³/mol. The van der Waals surface area contributed by atoms with Gasteiger partial charge in [-0.2, -0.15) is 0 Å². The third-order valence-corrected chi connectivity index (χ3v) is 3.34. The Balaban J connectivity index is 2.15. The van der Waals surface area contributed by atoms with E-state index in [1.165, 1.54) is 29.4 Å². The summed E-state index contributed by atoms with van der Waals surface area (Å²) in [6, 6.07) is 10.8. The zero-order valence-electron chi connectivity index (χ0n) is 12.0. The summed E-state index contributed by atoms with van der Waals surface area (Å²) in [7, 11) is 6.74. The fourth-order valence-electron chi connectivity index (χ4n) is 2.29. The van der Waals surface area contributed by atoms with Gasteiger partial charge in [0.05, 0.1) is 34.1 Å². The molecule has 1 aromatic heterocycles. The molecular weight excluding hydrogens is 220 g/mol. The van der Waals surface area contributed by atoms with Crippen LogP contribution in [0.25, 0.3) is 10.8 Å². The Hall–Kier alpha value is -1.41. The molecule has 2 heteroatoms. The maximum atomic E-state index is 2.37. The van der Waals surface area contributed by atoms with E-state index in [-0.39, 0.29) is 0 Å². The highest BCUT2D eigenvalue weighted by Crippen LogP contribution is 2.12. The van der Waals surface area contributed by atoms with Crippen molar-refractivity contribution in [2.45, 2.75) is 19.9 Å². The van der Waals surface area contributed by atoms with E-state index in [4.69, 9.17) is 0 Å². The van der Waals surface area contributed by atoms with Crippen LogP contribution in [0.1, 0.15) is 12.1 Å². The smallest absolute Gasteiger partial charge is 0.178 e. The molecule has 0 saturated carbocycles. The van der Waals surface area contributed by atoms with E-state index >= 15 is 0 Å². The van der Waals surface area contributed by atoms with E-state index in [9.17, 15) is 0 Å². The Morgan fingerprint density at radius 2 is 1.72 bits per heavy atom. The molecule has 1 heterocycles. The van der Waals surface area contributed by atoms with Crippen molar-refractivity contribution in [2.24, 2.45) is 0 Å². The van der Waals surface area contributed by atoms with Crippen LogP contribution in [0.4, 0.5) is 0 Å². The van der Waals surface area contributed by atoms with Gasteiger partial charge in [0.1, 0.15) is 0 Å². The molecule has 0 bridgehead atoms. The van der Waals surface area contributed by atoms with Crippen molar-refractivity contribution in [3.63, 3.8) is 0 Å². The first-order valence-electron chi connectivity index (χ1n) is 6.65. The van der Waals surface area contributed by atoms with Gasteiger partial charge >= 0.3 is 0 Å². The summed E-state index contributed by atoms with van der Waals surface area (Å²) in [6.07, 6.45) is 3.49. The molecule has 2 rings (SSSR count). The second kappa shape index (κ2) is 5.07. The normalized spacial score (nSPS) is 12.0. The van der Waals surface area contributed by atoms with Gasteiger partial charge < -0.3 is 4.48 Å². The van der Waals surface area contributed by atoms with Gasteiger partial charge in [-0.25, -0.2) is 4.57 Å². The Labute approximate surface area is 110 Å².